The summed E-state index contributed by atoms with van der Waals surface area (Å²) in [5.41, 5.74) is 1.47. The number of furan rings is 1. The van der Waals surface area contributed by atoms with Crippen LogP contribution in [0.3, 0.4) is 0 Å². The lowest BCUT2D eigenvalue weighted by molar-refractivity contribution is 0.0939. The first-order valence-corrected chi connectivity index (χ1v) is 9.61. The van der Waals surface area contributed by atoms with Gasteiger partial charge in [-0.1, -0.05) is 30.1 Å². The third-order valence-electron chi connectivity index (χ3n) is 5.28. The van der Waals surface area contributed by atoms with Crippen molar-refractivity contribution in [1.82, 2.24) is 15.5 Å². The Balaban J connectivity index is 1.69. The number of carbonyl (C=O) groups excluding carboxylic acids is 1. The highest BCUT2D eigenvalue weighted by molar-refractivity contribution is 6.10. The summed E-state index contributed by atoms with van der Waals surface area (Å²) >= 11 is 0. The molecule has 1 aliphatic rings. The minimum atomic E-state index is -0.444. The van der Waals surface area contributed by atoms with Crippen molar-refractivity contribution >= 4 is 17.0 Å². The summed E-state index contributed by atoms with van der Waals surface area (Å²) in [6, 6.07) is 11.5. The van der Waals surface area contributed by atoms with Gasteiger partial charge in [-0.2, -0.15) is 0 Å². The van der Waals surface area contributed by atoms with Gasteiger partial charge in [0.15, 0.2) is 5.76 Å². The normalized spacial score (nSPS) is 14.5. The number of halogens is 1. The van der Waals surface area contributed by atoms with E-state index in [2.05, 4.69) is 15.5 Å². The topological polar surface area (TPSA) is 81.2 Å². The number of pyridine rings is 1. The van der Waals surface area contributed by atoms with E-state index in [0.717, 1.165) is 25.7 Å². The van der Waals surface area contributed by atoms with Crippen LogP contribution in [0.25, 0.3) is 33.8 Å². The minimum absolute atomic E-state index is 0.134. The average molecular weight is 391 g/mol. The van der Waals surface area contributed by atoms with Gasteiger partial charge in [-0.15, -0.1) is 0 Å². The molecule has 1 N–H and O–H groups in total. The summed E-state index contributed by atoms with van der Waals surface area (Å²) < 4.78 is 25.3. The van der Waals surface area contributed by atoms with Gasteiger partial charge < -0.3 is 14.3 Å². The Labute approximate surface area is 165 Å². The number of carbonyl (C=O) groups is 1. The smallest absolute Gasteiger partial charge is 0.259 e. The Kier molecular flexibility index (Phi) is 4.35. The van der Waals surface area contributed by atoms with Gasteiger partial charge in [0.2, 0.25) is 0 Å². The SMILES string of the molecule is O=C(NC1CCCC1)c1cc(-c2ccco2)nc2onc(-c3ccccc3F)c12. The van der Waals surface area contributed by atoms with E-state index >= 15 is 0 Å². The summed E-state index contributed by atoms with van der Waals surface area (Å²) in [7, 11) is 0. The van der Waals surface area contributed by atoms with Crippen LogP contribution in [-0.2, 0) is 0 Å². The van der Waals surface area contributed by atoms with Crippen LogP contribution in [0.5, 0.6) is 0 Å². The molecule has 146 valence electrons. The third-order valence-corrected chi connectivity index (χ3v) is 5.28. The largest absolute Gasteiger partial charge is 0.463 e. The molecule has 1 amide bonds. The molecule has 6 nitrogen and oxygen atoms in total. The molecule has 29 heavy (non-hydrogen) atoms. The minimum Gasteiger partial charge on any atom is -0.463 e. The fourth-order valence-electron chi connectivity index (χ4n) is 3.85. The van der Waals surface area contributed by atoms with E-state index in [4.69, 9.17) is 8.94 Å². The van der Waals surface area contributed by atoms with Gasteiger partial charge in [0.05, 0.1) is 17.2 Å². The fraction of sp³-hybridized carbons (Fsp3) is 0.227. The van der Waals surface area contributed by atoms with Crippen LogP contribution in [0, 0.1) is 5.82 Å². The molecule has 3 aromatic heterocycles. The first-order chi connectivity index (χ1) is 14.2. The van der Waals surface area contributed by atoms with E-state index in [1.165, 1.54) is 12.3 Å². The van der Waals surface area contributed by atoms with Crippen molar-refractivity contribution in [3.63, 3.8) is 0 Å². The molecule has 3 heterocycles. The van der Waals surface area contributed by atoms with E-state index in [-0.39, 0.29) is 28.9 Å². The Hall–Kier alpha value is -3.48. The Morgan fingerprint density at radius 1 is 1.14 bits per heavy atom. The fourth-order valence-corrected chi connectivity index (χ4v) is 3.85. The molecule has 1 saturated carbocycles. The highest BCUT2D eigenvalue weighted by Crippen LogP contribution is 2.34. The van der Waals surface area contributed by atoms with Crippen LogP contribution in [0.2, 0.25) is 0 Å². The van der Waals surface area contributed by atoms with E-state index in [1.54, 1.807) is 36.4 Å². The van der Waals surface area contributed by atoms with Crippen LogP contribution in [-0.4, -0.2) is 22.1 Å². The molecule has 0 unspecified atom stereocenters. The number of hydrogen-bond donors (Lipinski definition) is 1. The molecule has 0 spiro atoms. The lowest BCUT2D eigenvalue weighted by Crippen LogP contribution is -2.32. The van der Waals surface area contributed by atoms with Crippen molar-refractivity contribution in [1.29, 1.82) is 0 Å². The number of hydrogen-bond acceptors (Lipinski definition) is 5. The van der Waals surface area contributed by atoms with Crippen molar-refractivity contribution in [2.75, 3.05) is 0 Å². The van der Waals surface area contributed by atoms with E-state index in [9.17, 15) is 9.18 Å². The molecule has 0 radical (unpaired) electrons. The number of amides is 1. The van der Waals surface area contributed by atoms with Gasteiger partial charge in [-0.25, -0.2) is 9.37 Å². The second-order valence-corrected chi connectivity index (χ2v) is 7.18. The number of benzene rings is 1. The summed E-state index contributed by atoms with van der Waals surface area (Å²) in [6.45, 7) is 0. The predicted molar refractivity (Wildman–Crippen MR) is 105 cm³/mol. The molecule has 1 aliphatic carbocycles. The van der Waals surface area contributed by atoms with Crippen LogP contribution in [0.1, 0.15) is 36.0 Å². The van der Waals surface area contributed by atoms with E-state index in [0.29, 0.717) is 22.4 Å². The predicted octanol–water partition coefficient (Wildman–Crippen LogP) is 4.96. The molecule has 1 aromatic carbocycles. The third kappa shape index (κ3) is 3.18. The number of aromatic nitrogens is 2. The summed E-state index contributed by atoms with van der Waals surface area (Å²) in [6.07, 6.45) is 5.64. The maximum atomic E-state index is 14.4. The zero-order chi connectivity index (χ0) is 19.8. The van der Waals surface area contributed by atoms with E-state index < -0.39 is 5.82 Å². The molecular formula is C22H18FN3O3. The van der Waals surface area contributed by atoms with Gasteiger partial charge >= 0.3 is 0 Å². The van der Waals surface area contributed by atoms with Gasteiger partial charge in [-0.3, -0.25) is 4.79 Å². The number of fused-ring (bicyclic) bond motifs is 1. The Morgan fingerprint density at radius 2 is 1.97 bits per heavy atom. The van der Waals surface area contributed by atoms with Crippen LogP contribution in [0.15, 0.2) is 57.7 Å². The van der Waals surface area contributed by atoms with Crippen molar-refractivity contribution in [3.8, 4) is 22.7 Å². The molecule has 5 rings (SSSR count). The Bertz CT molecular complexity index is 1180. The number of rotatable bonds is 4. The zero-order valence-corrected chi connectivity index (χ0v) is 15.5. The maximum Gasteiger partial charge on any atom is 0.259 e. The van der Waals surface area contributed by atoms with Crippen molar-refractivity contribution in [2.45, 2.75) is 31.7 Å². The maximum absolute atomic E-state index is 14.4. The lowest BCUT2D eigenvalue weighted by Gasteiger charge is -2.13. The standard InChI is InChI=1S/C22H18FN3O3/c23-16-9-4-3-8-14(16)20-19-15(21(27)24-13-6-1-2-7-13)12-17(18-10-5-11-28-18)25-22(19)29-26-20/h3-5,8-13H,1-2,6-7H2,(H,24,27). The van der Waals surface area contributed by atoms with Crippen molar-refractivity contribution < 1.29 is 18.1 Å². The van der Waals surface area contributed by atoms with Gasteiger partial charge in [0.25, 0.3) is 11.6 Å². The molecule has 0 saturated heterocycles. The van der Waals surface area contributed by atoms with Gasteiger partial charge in [-0.05, 0) is 43.2 Å². The van der Waals surface area contributed by atoms with Crippen LogP contribution in [0.4, 0.5) is 4.39 Å². The zero-order valence-electron chi connectivity index (χ0n) is 15.5. The first kappa shape index (κ1) is 17.6. The molecular weight excluding hydrogens is 373 g/mol. The summed E-state index contributed by atoms with van der Waals surface area (Å²) in [4.78, 5) is 17.6. The van der Waals surface area contributed by atoms with Gasteiger partial charge in [0.1, 0.15) is 17.2 Å². The monoisotopic (exact) mass is 391 g/mol. The first-order valence-electron chi connectivity index (χ1n) is 9.61. The van der Waals surface area contributed by atoms with E-state index in [1.807, 2.05) is 0 Å². The number of nitrogens with zero attached hydrogens (tertiary/aromatic N) is 2. The van der Waals surface area contributed by atoms with Crippen molar-refractivity contribution in [3.05, 3.63) is 60.1 Å². The quantitative estimate of drug-likeness (QED) is 0.532. The van der Waals surface area contributed by atoms with Gasteiger partial charge in [0, 0.05) is 11.6 Å². The molecule has 4 aromatic rings. The molecule has 0 bridgehead atoms. The molecule has 0 atom stereocenters. The van der Waals surface area contributed by atoms with Crippen LogP contribution >= 0.6 is 0 Å². The lowest BCUT2D eigenvalue weighted by atomic mass is 10.0. The average Bonchev–Trinajstić information content (AvgIpc) is 3.49. The molecule has 7 heteroatoms. The molecule has 1 fully saturated rings. The summed E-state index contributed by atoms with van der Waals surface area (Å²) in [5.74, 6) is -0.191. The second kappa shape index (κ2) is 7.16. The van der Waals surface area contributed by atoms with Crippen LogP contribution < -0.4 is 5.32 Å². The molecule has 0 aliphatic heterocycles. The summed E-state index contributed by atoms with van der Waals surface area (Å²) in [5, 5.41) is 7.51. The van der Waals surface area contributed by atoms with Crippen molar-refractivity contribution in [2.24, 2.45) is 0 Å². The highest BCUT2D eigenvalue weighted by Gasteiger charge is 2.26. The highest BCUT2D eigenvalue weighted by atomic mass is 19.1. The second-order valence-electron chi connectivity index (χ2n) is 7.18. The Morgan fingerprint density at radius 3 is 2.72 bits per heavy atom. The number of nitrogens with one attached hydrogen (secondary N) is 1.